The smallest absolute Gasteiger partial charge is 0.0674 e. The summed E-state index contributed by atoms with van der Waals surface area (Å²) in [4.78, 5) is 1.07. The minimum absolute atomic E-state index is 0.480. The van der Waals surface area contributed by atoms with Crippen LogP contribution >= 0.6 is 46.6 Å². The predicted molar refractivity (Wildman–Crippen MR) is 88.3 cm³/mol. The van der Waals surface area contributed by atoms with Gasteiger partial charge in [-0.15, -0.1) is 11.8 Å². The minimum Gasteiger partial charge on any atom is -0.392 e. The average molecular weight is 348 g/mol. The molecular formula is C15H13Cl3OS. The Morgan fingerprint density at radius 2 is 1.70 bits per heavy atom. The number of hydrogen-bond acceptors (Lipinski definition) is 2. The van der Waals surface area contributed by atoms with Gasteiger partial charge in [0.2, 0.25) is 0 Å². The van der Waals surface area contributed by atoms with Crippen molar-refractivity contribution in [2.24, 2.45) is 0 Å². The van der Waals surface area contributed by atoms with Crippen molar-refractivity contribution in [1.29, 1.82) is 0 Å². The Morgan fingerprint density at radius 1 is 1.00 bits per heavy atom. The lowest BCUT2D eigenvalue weighted by atomic mass is 10.1. The molecule has 1 nitrogen and oxygen atoms in total. The number of aliphatic hydroxyl groups is 1. The van der Waals surface area contributed by atoms with Crippen LogP contribution in [-0.4, -0.2) is 17.0 Å². The van der Waals surface area contributed by atoms with Crippen molar-refractivity contribution >= 4 is 46.6 Å². The van der Waals surface area contributed by atoms with Gasteiger partial charge < -0.3 is 5.11 Å². The van der Waals surface area contributed by atoms with E-state index < -0.39 is 6.10 Å². The molecule has 0 radical (unpaired) electrons. The first-order valence-electron chi connectivity index (χ1n) is 6.05. The third kappa shape index (κ3) is 4.57. The van der Waals surface area contributed by atoms with Gasteiger partial charge in [-0.1, -0.05) is 46.9 Å². The van der Waals surface area contributed by atoms with E-state index in [9.17, 15) is 5.11 Å². The third-order valence-corrected chi connectivity index (χ3v) is 5.01. The predicted octanol–water partition coefficient (Wildman–Crippen LogP) is 5.34. The van der Waals surface area contributed by atoms with E-state index in [1.165, 1.54) is 0 Å². The van der Waals surface area contributed by atoms with Gasteiger partial charge in [0.1, 0.15) is 0 Å². The molecule has 1 N–H and O–H groups in total. The quantitative estimate of drug-likeness (QED) is 0.736. The molecule has 0 amide bonds. The van der Waals surface area contributed by atoms with Gasteiger partial charge in [0, 0.05) is 22.1 Å². The number of halogens is 3. The Labute approximate surface area is 137 Å². The van der Waals surface area contributed by atoms with Crippen molar-refractivity contribution in [2.75, 3.05) is 5.75 Å². The molecule has 0 aromatic heterocycles. The van der Waals surface area contributed by atoms with E-state index in [1.54, 1.807) is 17.8 Å². The summed E-state index contributed by atoms with van der Waals surface area (Å²) < 4.78 is 0. The molecule has 0 spiro atoms. The van der Waals surface area contributed by atoms with Crippen LogP contribution in [0.2, 0.25) is 15.1 Å². The molecule has 0 bridgehead atoms. The van der Waals surface area contributed by atoms with E-state index in [0.29, 0.717) is 27.2 Å². The number of hydrogen-bond donors (Lipinski definition) is 1. The van der Waals surface area contributed by atoms with Crippen molar-refractivity contribution < 1.29 is 5.11 Å². The molecule has 2 aromatic carbocycles. The van der Waals surface area contributed by atoms with E-state index in [2.05, 4.69) is 0 Å². The molecule has 0 aliphatic heterocycles. The monoisotopic (exact) mass is 346 g/mol. The molecule has 20 heavy (non-hydrogen) atoms. The van der Waals surface area contributed by atoms with Crippen LogP contribution in [-0.2, 0) is 6.42 Å². The van der Waals surface area contributed by atoms with Crippen LogP contribution in [0.15, 0.2) is 47.4 Å². The molecule has 2 rings (SSSR count). The zero-order valence-electron chi connectivity index (χ0n) is 10.5. The first kappa shape index (κ1) is 16.0. The Hall–Kier alpha value is -0.380. The SMILES string of the molecule is OC(CSc1ccc(Cl)cc1)Cc1cccc(Cl)c1Cl. The Balaban J connectivity index is 1.91. The molecule has 0 aliphatic rings. The van der Waals surface area contributed by atoms with Gasteiger partial charge in [-0.05, 0) is 35.9 Å². The van der Waals surface area contributed by atoms with Crippen molar-refractivity contribution in [2.45, 2.75) is 17.4 Å². The fraction of sp³-hybridized carbons (Fsp3) is 0.200. The van der Waals surface area contributed by atoms with E-state index >= 15 is 0 Å². The van der Waals surface area contributed by atoms with Gasteiger partial charge in [0.15, 0.2) is 0 Å². The second-order valence-corrected chi connectivity index (χ2v) is 6.65. The molecule has 0 heterocycles. The van der Waals surface area contributed by atoms with Crippen LogP contribution in [0.1, 0.15) is 5.56 Å². The van der Waals surface area contributed by atoms with E-state index in [-0.39, 0.29) is 0 Å². The lowest BCUT2D eigenvalue weighted by molar-refractivity contribution is 0.200. The van der Waals surface area contributed by atoms with Crippen LogP contribution in [0.4, 0.5) is 0 Å². The Kier molecular flexibility index (Phi) is 6.06. The molecular weight excluding hydrogens is 335 g/mol. The molecule has 1 unspecified atom stereocenters. The molecule has 0 fully saturated rings. The molecule has 0 aliphatic carbocycles. The van der Waals surface area contributed by atoms with Gasteiger partial charge in [-0.25, -0.2) is 0 Å². The average Bonchev–Trinajstić information content (AvgIpc) is 2.43. The molecule has 2 aromatic rings. The van der Waals surface area contributed by atoms with Crippen molar-refractivity contribution in [1.82, 2.24) is 0 Å². The topological polar surface area (TPSA) is 20.2 Å². The van der Waals surface area contributed by atoms with Crippen molar-refractivity contribution in [3.8, 4) is 0 Å². The second kappa shape index (κ2) is 7.58. The summed E-state index contributed by atoms with van der Waals surface area (Å²) in [6.07, 6.45) is 0.00614. The maximum atomic E-state index is 10.1. The summed E-state index contributed by atoms with van der Waals surface area (Å²) in [6, 6.07) is 13.0. The summed E-state index contributed by atoms with van der Waals surface area (Å²) in [7, 11) is 0. The Bertz CT molecular complexity index is 572. The van der Waals surface area contributed by atoms with Gasteiger partial charge in [-0.3, -0.25) is 0 Å². The highest BCUT2D eigenvalue weighted by Crippen LogP contribution is 2.27. The lowest BCUT2D eigenvalue weighted by Gasteiger charge is -2.12. The number of benzene rings is 2. The van der Waals surface area contributed by atoms with E-state index in [4.69, 9.17) is 34.8 Å². The maximum Gasteiger partial charge on any atom is 0.0674 e. The highest BCUT2D eigenvalue weighted by atomic mass is 35.5. The fourth-order valence-electron chi connectivity index (χ4n) is 1.74. The zero-order valence-corrected chi connectivity index (χ0v) is 13.6. The summed E-state index contributed by atoms with van der Waals surface area (Å²) in [6.45, 7) is 0. The zero-order chi connectivity index (χ0) is 14.5. The first-order chi connectivity index (χ1) is 9.56. The normalized spacial score (nSPS) is 12.4. The third-order valence-electron chi connectivity index (χ3n) is 2.74. The maximum absolute atomic E-state index is 10.1. The molecule has 5 heteroatoms. The van der Waals surface area contributed by atoms with Crippen molar-refractivity contribution in [3.63, 3.8) is 0 Å². The summed E-state index contributed by atoms with van der Waals surface area (Å²) in [5, 5.41) is 11.8. The van der Waals surface area contributed by atoms with E-state index in [1.807, 2.05) is 36.4 Å². The molecule has 1 atom stereocenters. The van der Waals surface area contributed by atoms with Crippen LogP contribution in [0.5, 0.6) is 0 Å². The lowest BCUT2D eigenvalue weighted by Crippen LogP contribution is -2.13. The van der Waals surface area contributed by atoms with Crippen LogP contribution < -0.4 is 0 Å². The standard InChI is InChI=1S/C15H13Cl3OS/c16-11-4-6-13(7-5-11)20-9-12(19)8-10-2-1-3-14(17)15(10)18/h1-7,12,19H,8-9H2. The first-order valence-corrected chi connectivity index (χ1v) is 8.17. The number of aliphatic hydroxyl groups excluding tert-OH is 1. The molecule has 106 valence electrons. The minimum atomic E-state index is -0.480. The van der Waals surface area contributed by atoms with Gasteiger partial charge in [0.05, 0.1) is 16.1 Å². The molecule has 0 saturated carbocycles. The van der Waals surface area contributed by atoms with Gasteiger partial charge >= 0.3 is 0 Å². The fourth-order valence-corrected chi connectivity index (χ4v) is 3.10. The number of thioether (sulfide) groups is 1. The van der Waals surface area contributed by atoms with Crippen LogP contribution in [0.25, 0.3) is 0 Å². The Morgan fingerprint density at radius 3 is 2.40 bits per heavy atom. The van der Waals surface area contributed by atoms with Gasteiger partial charge in [0.25, 0.3) is 0 Å². The number of rotatable bonds is 5. The van der Waals surface area contributed by atoms with E-state index in [0.717, 1.165) is 10.5 Å². The largest absolute Gasteiger partial charge is 0.392 e. The summed E-state index contributed by atoms with van der Waals surface area (Å²) in [5.41, 5.74) is 0.864. The van der Waals surface area contributed by atoms with Crippen molar-refractivity contribution in [3.05, 3.63) is 63.1 Å². The second-order valence-electron chi connectivity index (χ2n) is 4.34. The molecule has 0 saturated heterocycles. The van der Waals surface area contributed by atoms with Crippen LogP contribution in [0, 0.1) is 0 Å². The highest BCUT2D eigenvalue weighted by Gasteiger charge is 2.11. The van der Waals surface area contributed by atoms with Gasteiger partial charge in [-0.2, -0.15) is 0 Å². The summed E-state index contributed by atoms with van der Waals surface area (Å²) >= 11 is 19.5. The highest BCUT2D eigenvalue weighted by molar-refractivity contribution is 7.99. The van der Waals surface area contributed by atoms with Crippen LogP contribution in [0.3, 0.4) is 0 Å². The summed E-state index contributed by atoms with van der Waals surface area (Å²) in [5.74, 6) is 0.588.